The molecular formula is C19H22FN3O2S. The Morgan fingerprint density at radius 1 is 1.19 bits per heavy atom. The third-order valence-electron chi connectivity index (χ3n) is 4.40. The molecule has 1 heterocycles. The molecule has 0 unspecified atom stereocenters. The van der Waals surface area contributed by atoms with Crippen LogP contribution in [0.5, 0.6) is 0 Å². The Labute approximate surface area is 156 Å². The number of nitrogens with one attached hydrogen (secondary N) is 1. The van der Waals surface area contributed by atoms with Crippen LogP contribution in [0.2, 0.25) is 0 Å². The van der Waals surface area contributed by atoms with Gasteiger partial charge >= 0.3 is 0 Å². The Kier molecular flexibility index (Phi) is 6.44. The Hall–Kier alpha value is -2.15. The standard InChI is InChI=1S/C19H22FN3O2S/c20-15-7-5-14(6-8-15)17-9-10-19(25)23(22-17)12-11-21-18(24)13-26-16-3-1-2-4-16/h5-10,16H,1-4,11-13H2,(H,21,24). The fourth-order valence-electron chi connectivity index (χ4n) is 2.98. The molecule has 0 aliphatic heterocycles. The van der Waals surface area contributed by atoms with E-state index in [1.54, 1.807) is 30.0 Å². The SMILES string of the molecule is O=C(CSC1CCCC1)NCCn1nc(-c2ccc(F)cc2)ccc1=O. The highest BCUT2D eigenvalue weighted by atomic mass is 32.2. The number of aromatic nitrogens is 2. The number of thioether (sulfide) groups is 1. The predicted molar refractivity (Wildman–Crippen MR) is 102 cm³/mol. The Morgan fingerprint density at radius 3 is 2.65 bits per heavy atom. The maximum absolute atomic E-state index is 13.0. The molecule has 0 bridgehead atoms. The summed E-state index contributed by atoms with van der Waals surface area (Å²) in [6.07, 6.45) is 4.93. The molecule has 26 heavy (non-hydrogen) atoms. The van der Waals surface area contributed by atoms with E-state index in [0.717, 1.165) is 5.56 Å². The molecule has 1 aromatic heterocycles. The maximum Gasteiger partial charge on any atom is 0.266 e. The third-order valence-corrected chi connectivity index (χ3v) is 5.78. The minimum atomic E-state index is -0.319. The highest BCUT2D eigenvalue weighted by Crippen LogP contribution is 2.28. The smallest absolute Gasteiger partial charge is 0.266 e. The normalized spacial score (nSPS) is 14.5. The molecule has 3 rings (SSSR count). The number of halogens is 1. The lowest BCUT2D eigenvalue weighted by molar-refractivity contribution is -0.118. The van der Waals surface area contributed by atoms with Crippen molar-refractivity contribution in [1.82, 2.24) is 15.1 Å². The van der Waals surface area contributed by atoms with Gasteiger partial charge in [-0.05, 0) is 43.2 Å². The van der Waals surface area contributed by atoms with Gasteiger partial charge in [0.1, 0.15) is 5.82 Å². The van der Waals surface area contributed by atoms with Crippen LogP contribution >= 0.6 is 11.8 Å². The van der Waals surface area contributed by atoms with Crippen molar-refractivity contribution >= 4 is 17.7 Å². The number of amides is 1. The van der Waals surface area contributed by atoms with Crippen LogP contribution < -0.4 is 10.9 Å². The van der Waals surface area contributed by atoms with Gasteiger partial charge in [-0.3, -0.25) is 9.59 Å². The molecule has 1 saturated carbocycles. The number of benzene rings is 1. The minimum Gasteiger partial charge on any atom is -0.354 e. The van der Waals surface area contributed by atoms with Crippen molar-refractivity contribution in [1.29, 1.82) is 0 Å². The van der Waals surface area contributed by atoms with Crippen molar-refractivity contribution in [3.8, 4) is 11.3 Å². The molecule has 1 fully saturated rings. The van der Waals surface area contributed by atoms with E-state index >= 15 is 0 Å². The summed E-state index contributed by atoms with van der Waals surface area (Å²) < 4.78 is 14.4. The first-order chi connectivity index (χ1) is 12.6. The van der Waals surface area contributed by atoms with E-state index in [1.807, 2.05) is 0 Å². The van der Waals surface area contributed by atoms with E-state index in [0.29, 0.717) is 29.8 Å². The van der Waals surface area contributed by atoms with Gasteiger partial charge in [-0.25, -0.2) is 9.07 Å². The Balaban J connectivity index is 1.52. The van der Waals surface area contributed by atoms with Gasteiger partial charge in [0.2, 0.25) is 5.91 Å². The lowest BCUT2D eigenvalue weighted by Crippen LogP contribution is -2.33. The predicted octanol–water partition coefficient (Wildman–Crippen LogP) is 2.84. The molecular weight excluding hydrogens is 353 g/mol. The van der Waals surface area contributed by atoms with Crippen molar-refractivity contribution < 1.29 is 9.18 Å². The third kappa shape index (κ3) is 5.17. The van der Waals surface area contributed by atoms with Gasteiger partial charge in [-0.1, -0.05) is 12.8 Å². The fourth-order valence-corrected chi connectivity index (χ4v) is 4.14. The second kappa shape index (κ2) is 8.98. The summed E-state index contributed by atoms with van der Waals surface area (Å²) >= 11 is 1.72. The first-order valence-electron chi connectivity index (χ1n) is 8.84. The summed E-state index contributed by atoms with van der Waals surface area (Å²) in [5.74, 6) is 0.132. The Bertz CT molecular complexity index is 801. The van der Waals surface area contributed by atoms with E-state index < -0.39 is 0 Å². The zero-order valence-corrected chi connectivity index (χ0v) is 15.3. The number of carbonyl (C=O) groups excluding carboxylic acids is 1. The average molecular weight is 375 g/mol. The molecule has 138 valence electrons. The summed E-state index contributed by atoms with van der Waals surface area (Å²) in [7, 11) is 0. The topological polar surface area (TPSA) is 64.0 Å². The van der Waals surface area contributed by atoms with Crippen LogP contribution in [-0.2, 0) is 11.3 Å². The van der Waals surface area contributed by atoms with Crippen LogP contribution in [0.4, 0.5) is 4.39 Å². The molecule has 0 spiro atoms. The molecule has 1 amide bonds. The lowest BCUT2D eigenvalue weighted by Gasteiger charge is -2.10. The van der Waals surface area contributed by atoms with Gasteiger partial charge in [0.05, 0.1) is 18.0 Å². The first-order valence-corrected chi connectivity index (χ1v) is 9.89. The summed E-state index contributed by atoms with van der Waals surface area (Å²) in [5.41, 5.74) is 1.09. The number of nitrogens with zero attached hydrogens (tertiary/aromatic N) is 2. The van der Waals surface area contributed by atoms with Crippen molar-refractivity contribution in [3.63, 3.8) is 0 Å². The molecule has 7 heteroatoms. The second-order valence-corrected chi connectivity index (χ2v) is 7.64. The van der Waals surface area contributed by atoms with Gasteiger partial charge in [0.15, 0.2) is 0 Å². The summed E-state index contributed by atoms with van der Waals surface area (Å²) in [5, 5.41) is 7.75. The van der Waals surface area contributed by atoms with Crippen molar-refractivity contribution in [2.45, 2.75) is 37.5 Å². The van der Waals surface area contributed by atoms with Crippen LogP contribution in [0.15, 0.2) is 41.2 Å². The minimum absolute atomic E-state index is 0.00959. The van der Waals surface area contributed by atoms with E-state index in [1.165, 1.54) is 48.6 Å². The van der Waals surface area contributed by atoms with Crippen molar-refractivity contribution in [3.05, 3.63) is 52.6 Å². The summed E-state index contributed by atoms with van der Waals surface area (Å²) in [4.78, 5) is 23.9. The lowest BCUT2D eigenvalue weighted by atomic mass is 10.1. The molecule has 0 saturated heterocycles. The van der Waals surface area contributed by atoms with Crippen LogP contribution in [-0.4, -0.2) is 33.2 Å². The van der Waals surface area contributed by atoms with Gasteiger partial charge in [0, 0.05) is 23.4 Å². The fraction of sp³-hybridized carbons (Fsp3) is 0.421. The second-order valence-electron chi connectivity index (χ2n) is 6.35. The molecule has 2 aromatic rings. The Morgan fingerprint density at radius 2 is 1.92 bits per heavy atom. The number of carbonyl (C=O) groups is 1. The molecule has 5 nitrogen and oxygen atoms in total. The number of rotatable bonds is 7. The van der Waals surface area contributed by atoms with E-state index in [4.69, 9.17) is 0 Å². The van der Waals surface area contributed by atoms with Gasteiger partial charge < -0.3 is 5.32 Å². The van der Waals surface area contributed by atoms with Gasteiger partial charge in [-0.2, -0.15) is 5.10 Å². The monoisotopic (exact) mass is 375 g/mol. The summed E-state index contributed by atoms with van der Waals surface area (Å²) in [6.45, 7) is 0.650. The van der Waals surface area contributed by atoms with E-state index in [-0.39, 0.29) is 17.3 Å². The molecule has 1 aromatic carbocycles. The van der Waals surface area contributed by atoms with Crippen molar-refractivity contribution in [2.24, 2.45) is 0 Å². The van der Waals surface area contributed by atoms with Crippen molar-refractivity contribution in [2.75, 3.05) is 12.3 Å². The van der Waals surface area contributed by atoms with Gasteiger partial charge in [0.25, 0.3) is 5.56 Å². The first kappa shape index (κ1) is 18.6. The van der Waals surface area contributed by atoms with Crippen LogP contribution in [0.3, 0.4) is 0 Å². The zero-order valence-electron chi connectivity index (χ0n) is 14.5. The molecule has 1 N–H and O–H groups in total. The maximum atomic E-state index is 13.0. The summed E-state index contributed by atoms with van der Waals surface area (Å²) in [6, 6.07) is 9.00. The number of hydrogen-bond acceptors (Lipinski definition) is 4. The zero-order chi connectivity index (χ0) is 18.4. The molecule has 1 aliphatic rings. The average Bonchev–Trinajstić information content (AvgIpc) is 3.16. The largest absolute Gasteiger partial charge is 0.354 e. The molecule has 0 atom stereocenters. The van der Waals surface area contributed by atoms with E-state index in [9.17, 15) is 14.0 Å². The molecule has 0 radical (unpaired) electrons. The highest BCUT2D eigenvalue weighted by molar-refractivity contribution is 8.00. The van der Waals surface area contributed by atoms with Crippen LogP contribution in [0.25, 0.3) is 11.3 Å². The van der Waals surface area contributed by atoms with Crippen LogP contribution in [0.1, 0.15) is 25.7 Å². The quantitative estimate of drug-likeness (QED) is 0.808. The number of hydrogen-bond donors (Lipinski definition) is 1. The molecule has 1 aliphatic carbocycles. The van der Waals surface area contributed by atoms with Gasteiger partial charge in [-0.15, -0.1) is 11.8 Å². The highest BCUT2D eigenvalue weighted by Gasteiger charge is 2.16. The van der Waals surface area contributed by atoms with E-state index in [2.05, 4.69) is 10.4 Å². The van der Waals surface area contributed by atoms with Crippen LogP contribution in [0, 0.1) is 5.82 Å².